The van der Waals surface area contributed by atoms with Crippen LogP contribution in [-0.2, 0) is 14.8 Å². The van der Waals surface area contributed by atoms with E-state index in [4.69, 9.17) is 5.11 Å². The molecule has 0 aliphatic heterocycles. The van der Waals surface area contributed by atoms with Crippen molar-refractivity contribution in [3.63, 3.8) is 0 Å². The molecule has 0 saturated carbocycles. The van der Waals surface area contributed by atoms with Crippen molar-refractivity contribution >= 4 is 32.5 Å². The minimum atomic E-state index is -3.52. The lowest BCUT2D eigenvalue weighted by Gasteiger charge is -2.02. The minimum absolute atomic E-state index is 0.0719. The number of aryl methyl sites for hydroxylation is 1. The van der Waals surface area contributed by atoms with Gasteiger partial charge in [0.05, 0.1) is 5.75 Å². The average molecular weight is 265 g/mol. The maximum atomic E-state index is 11.4. The highest BCUT2D eigenvalue weighted by atomic mass is 32.2. The summed E-state index contributed by atoms with van der Waals surface area (Å²) in [5.41, 5.74) is 0. The monoisotopic (exact) mass is 265 g/mol. The lowest BCUT2D eigenvalue weighted by Crippen LogP contribution is -2.17. The predicted octanol–water partition coefficient (Wildman–Crippen LogP) is 0.453. The van der Waals surface area contributed by atoms with Gasteiger partial charge in [-0.3, -0.25) is 9.52 Å². The summed E-state index contributed by atoms with van der Waals surface area (Å²) >= 11 is 1.13. The summed E-state index contributed by atoms with van der Waals surface area (Å²) in [7, 11) is -3.52. The third-order valence-corrected chi connectivity index (χ3v) is 3.79. The fourth-order valence-corrected chi connectivity index (χ4v) is 2.86. The van der Waals surface area contributed by atoms with Crippen molar-refractivity contribution in [2.24, 2.45) is 0 Å². The third kappa shape index (κ3) is 4.53. The number of anilines is 1. The molecule has 2 N–H and O–H groups in total. The van der Waals surface area contributed by atoms with E-state index in [1.807, 2.05) is 0 Å². The first-order valence-electron chi connectivity index (χ1n) is 4.41. The zero-order valence-corrected chi connectivity index (χ0v) is 10.1. The van der Waals surface area contributed by atoms with Crippen molar-refractivity contribution in [2.45, 2.75) is 19.8 Å². The van der Waals surface area contributed by atoms with Crippen LogP contribution in [0.15, 0.2) is 0 Å². The maximum Gasteiger partial charge on any atom is 0.303 e. The van der Waals surface area contributed by atoms with Crippen LogP contribution >= 0.6 is 11.3 Å². The van der Waals surface area contributed by atoms with E-state index in [2.05, 4.69) is 14.9 Å². The topological polar surface area (TPSA) is 109 Å². The van der Waals surface area contributed by atoms with Gasteiger partial charge in [0.15, 0.2) is 0 Å². The van der Waals surface area contributed by atoms with Crippen LogP contribution in [0.2, 0.25) is 0 Å². The number of aliphatic carboxylic acids is 1. The molecule has 1 rings (SSSR count). The molecule has 16 heavy (non-hydrogen) atoms. The zero-order chi connectivity index (χ0) is 12.2. The molecule has 0 spiro atoms. The SMILES string of the molecule is Cc1nnc(NS(=O)(=O)CCCC(=O)O)s1. The first-order chi connectivity index (χ1) is 7.39. The van der Waals surface area contributed by atoms with Crippen LogP contribution < -0.4 is 4.72 Å². The van der Waals surface area contributed by atoms with Gasteiger partial charge < -0.3 is 5.11 Å². The van der Waals surface area contributed by atoms with Gasteiger partial charge in [-0.25, -0.2) is 8.42 Å². The van der Waals surface area contributed by atoms with Gasteiger partial charge >= 0.3 is 5.97 Å². The molecule has 0 radical (unpaired) electrons. The van der Waals surface area contributed by atoms with Crippen LogP contribution in [0, 0.1) is 6.92 Å². The Morgan fingerprint density at radius 3 is 2.69 bits per heavy atom. The molecule has 0 bridgehead atoms. The molecule has 7 nitrogen and oxygen atoms in total. The zero-order valence-electron chi connectivity index (χ0n) is 8.50. The van der Waals surface area contributed by atoms with Gasteiger partial charge in [-0.2, -0.15) is 0 Å². The number of carboxylic acid groups (broad SMARTS) is 1. The van der Waals surface area contributed by atoms with E-state index < -0.39 is 16.0 Å². The number of hydrogen-bond donors (Lipinski definition) is 2. The molecule has 9 heteroatoms. The second-order valence-corrected chi connectivity index (χ2v) is 6.07. The molecule has 1 aromatic heterocycles. The lowest BCUT2D eigenvalue weighted by atomic mass is 10.3. The average Bonchev–Trinajstić information content (AvgIpc) is 2.48. The number of rotatable bonds is 6. The Kier molecular flexibility index (Phi) is 4.19. The van der Waals surface area contributed by atoms with E-state index in [9.17, 15) is 13.2 Å². The minimum Gasteiger partial charge on any atom is -0.481 e. The largest absolute Gasteiger partial charge is 0.481 e. The van der Waals surface area contributed by atoms with Crippen molar-refractivity contribution < 1.29 is 18.3 Å². The molecule has 1 aromatic rings. The highest BCUT2D eigenvalue weighted by Crippen LogP contribution is 2.15. The summed E-state index contributed by atoms with van der Waals surface area (Å²) in [6.45, 7) is 1.71. The third-order valence-electron chi connectivity index (χ3n) is 1.57. The molecule has 0 amide bonds. The number of aromatic nitrogens is 2. The molecule has 0 saturated heterocycles. The Morgan fingerprint density at radius 2 is 2.19 bits per heavy atom. The van der Waals surface area contributed by atoms with E-state index >= 15 is 0 Å². The van der Waals surface area contributed by atoms with Crippen LogP contribution in [0.5, 0.6) is 0 Å². The van der Waals surface area contributed by atoms with E-state index in [0.29, 0.717) is 5.01 Å². The molecular formula is C7H11N3O4S2. The summed E-state index contributed by atoms with van der Waals surface area (Å²) in [5.74, 6) is -1.25. The summed E-state index contributed by atoms with van der Waals surface area (Å²) in [5, 5.41) is 16.5. The Hall–Kier alpha value is -1.22. The number of carbonyl (C=O) groups is 1. The van der Waals surface area contributed by atoms with Crippen molar-refractivity contribution in [2.75, 3.05) is 10.5 Å². The molecule has 0 aliphatic carbocycles. The standard InChI is InChI=1S/C7H11N3O4S2/c1-5-8-9-7(15-5)10-16(13,14)4-2-3-6(11)12/h2-4H2,1H3,(H,9,10)(H,11,12). The van der Waals surface area contributed by atoms with Gasteiger partial charge in [-0.05, 0) is 13.3 Å². The number of hydrogen-bond acceptors (Lipinski definition) is 6. The smallest absolute Gasteiger partial charge is 0.303 e. The lowest BCUT2D eigenvalue weighted by molar-refractivity contribution is -0.137. The molecule has 0 fully saturated rings. The van der Waals surface area contributed by atoms with Crippen LogP contribution in [0.4, 0.5) is 5.13 Å². The van der Waals surface area contributed by atoms with Gasteiger partial charge in [0, 0.05) is 6.42 Å². The van der Waals surface area contributed by atoms with Gasteiger partial charge in [-0.1, -0.05) is 11.3 Å². The Balaban J connectivity index is 2.49. The Morgan fingerprint density at radius 1 is 1.50 bits per heavy atom. The summed E-state index contributed by atoms with van der Waals surface area (Å²) in [4.78, 5) is 10.2. The normalized spacial score (nSPS) is 11.3. The summed E-state index contributed by atoms with van der Waals surface area (Å²) in [6.07, 6.45) is -0.0987. The first-order valence-corrected chi connectivity index (χ1v) is 6.88. The number of nitrogens with zero attached hydrogens (tertiary/aromatic N) is 2. The molecule has 0 atom stereocenters. The number of nitrogens with one attached hydrogen (secondary N) is 1. The quantitative estimate of drug-likeness (QED) is 0.773. The molecule has 0 aliphatic rings. The summed E-state index contributed by atoms with van der Waals surface area (Å²) < 4.78 is 25.1. The fourth-order valence-electron chi connectivity index (χ4n) is 0.935. The van der Waals surface area contributed by atoms with Crippen molar-refractivity contribution in [1.82, 2.24) is 10.2 Å². The maximum absolute atomic E-state index is 11.4. The fraction of sp³-hybridized carbons (Fsp3) is 0.571. The van der Waals surface area contributed by atoms with Gasteiger partial charge in [0.25, 0.3) is 0 Å². The molecular weight excluding hydrogens is 254 g/mol. The van der Waals surface area contributed by atoms with Crippen molar-refractivity contribution in [3.8, 4) is 0 Å². The Bertz CT molecular complexity index is 468. The van der Waals surface area contributed by atoms with Gasteiger partial charge in [-0.15, -0.1) is 10.2 Å². The van der Waals surface area contributed by atoms with Crippen molar-refractivity contribution in [1.29, 1.82) is 0 Å². The molecule has 90 valence electrons. The van der Waals surface area contributed by atoms with E-state index in [0.717, 1.165) is 11.3 Å². The highest BCUT2D eigenvalue weighted by Gasteiger charge is 2.13. The van der Waals surface area contributed by atoms with E-state index in [-0.39, 0.29) is 23.7 Å². The van der Waals surface area contributed by atoms with E-state index in [1.165, 1.54) is 0 Å². The number of carboxylic acids is 1. The molecule has 0 aromatic carbocycles. The Labute approximate surface area is 96.6 Å². The van der Waals surface area contributed by atoms with Gasteiger partial charge in [0.2, 0.25) is 15.2 Å². The van der Waals surface area contributed by atoms with Crippen LogP contribution in [-0.4, -0.2) is 35.4 Å². The van der Waals surface area contributed by atoms with Crippen LogP contribution in [0.1, 0.15) is 17.8 Å². The number of sulfonamides is 1. The molecule has 1 heterocycles. The second-order valence-electron chi connectivity index (χ2n) is 3.04. The molecule has 0 unspecified atom stereocenters. The van der Waals surface area contributed by atoms with Crippen LogP contribution in [0.25, 0.3) is 0 Å². The summed E-state index contributed by atoms with van der Waals surface area (Å²) in [6, 6.07) is 0. The highest BCUT2D eigenvalue weighted by molar-refractivity contribution is 7.92. The van der Waals surface area contributed by atoms with Crippen LogP contribution in [0.3, 0.4) is 0 Å². The van der Waals surface area contributed by atoms with Crippen molar-refractivity contribution in [3.05, 3.63) is 5.01 Å². The van der Waals surface area contributed by atoms with E-state index in [1.54, 1.807) is 6.92 Å². The second kappa shape index (κ2) is 5.21. The predicted molar refractivity (Wildman–Crippen MR) is 58.9 cm³/mol. The van der Waals surface area contributed by atoms with Gasteiger partial charge in [0.1, 0.15) is 5.01 Å². The first kappa shape index (κ1) is 12.8.